The number of alkyl carbamates (subject to hydrolysis) is 1. The molecule has 5 nitrogen and oxygen atoms in total. The number of carbonyl (C=O) groups excluding carboxylic acids is 1. The van der Waals surface area contributed by atoms with Gasteiger partial charge in [0, 0.05) is 13.7 Å². The summed E-state index contributed by atoms with van der Waals surface area (Å²) in [5.74, 6) is 2.23. The summed E-state index contributed by atoms with van der Waals surface area (Å²) >= 11 is 0. The van der Waals surface area contributed by atoms with E-state index < -0.39 is 6.09 Å². The summed E-state index contributed by atoms with van der Waals surface area (Å²) in [7, 11) is 2.95. The Morgan fingerprint density at radius 3 is 2.35 bits per heavy atom. The van der Waals surface area contributed by atoms with Gasteiger partial charge >= 0.3 is 6.09 Å². The largest absolute Gasteiger partial charge is 0.436 e. The van der Waals surface area contributed by atoms with Gasteiger partial charge in [0.25, 0.3) is 0 Å². The Labute approximate surface area is 104 Å². The molecule has 0 fully saturated rings. The first-order valence-electron chi connectivity index (χ1n) is 5.74. The van der Waals surface area contributed by atoms with E-state index >= 15 is 0 Å². The van der Waals surface area contributed by atoms with E-state index in [4.69, 9.17) is 11.5 Å². The van der Waals surface area contributed by atoms with Crippen molar-refractivity contribution in [2.75, 3.05) is 33.9 Å². The molecule has 17 heavy (non-hydrogen) atoms. The zero-order valence-corrected chi connectivity index (χ0v) is 10.8. The van der Waals surface area contributed by atoms with Gasteiger partial charge in [-0.2, -0.15) is 0 Å². The Morgan fingerprint density at radius 2 is 1.82 bits per heavy atom. The van der Waals surface area contributed by atoms with Crippen LogP contribution in [0.5, 0.6) is 0 Å². The van der Waals surface area contributed by atoms with E-state index in [0.717, 1.165) is 26.5 Å². The van der Waals surface area contributed by atoms with Gasteiger partial charge in [0.15, 0.2) is 6.61 Å². The molecule has 5 heteroatoms. The van der Waals surface area contributed by atoms with Gasteiger partial charge in [0.2, 0.25) is 0 Å². The van der Waals surface area contributed by atoms with Crippen LogP contribution in [0.3, 0.4) is 0 Å². The molecular formula is C12H24N2O3. The van der Waals surface area contributed by atoms with E-state index in [0.29, 0.717) is 6.54 Å². The molecule has 0 saturated carbocycles. The van der Waals surface area contributed by atoms with Crippen molar-refractivity contribution in [1.29, 1.82) is 0 Å². The van der Waals surface area contributed by atoms with Crippen LogP contribution < -0.4 is 10.6 Å². The number of hydrogen-bond donors (Lipinski definition) is 3. The summed E-state index contributed by atoms with van der Waals surface area (Å²) in [6, 6.07) is 0. The number of unbranched alkanes of at least 4 members (excludes halogenated alkanes) is 3. The number of nitrogens with one attached hydrogen (secondary N) is 2. The molecule has 0 spiro atoms. The van der Waals surface area contributed by atoms with Crippen molar-refractivity contribution in [3.63, 3.8) is 0 Å². The van der Waals surface area contributed by atoms with Crippen LogP contribution in [0, 0.1) is 12.3 Å². The van der Waals surface area contributed by atoms with Crippen molar-refractivity contribution in [1.82, 2.24) is 10.6 Å². The highest BCUT2D eigenvalue weighted by molar-refractivity contribution is 5.67. The minimum Gasteiger partial charge on any atom is -0.436 e. The molecule has 0 aromatic heterocycles. The molecule has 0 radical (unpaired) electrons. The molecule has 0 bridgehead atoms. The van der Waals surface area contributed by atoms with E-state index in [9.17, 15) is 4.79 Å². The molecule has 0 saturated heterocycles. The van der Waals surface area contributed by atoms with Crippen molar-refractivity contribution in [3.05, 3.63) is 0 Å². The number of hydrogen-bond acceptors (Lipinski definition) is 4. The Balaban J connectivity index is 0. The lowest BCUT2D eigenvalue weighted by atomic mass is 10.2. The highest BCUT2D eigenvalue weighted by Crippen LogP contribution is 1.97. The third-order valence-corrected chi connectivity index (χ3v) is 1.91. The fourth-order valence-corrected chi connectivity index (χ4v) is 1.13. The van der Waals surface area contributed by atoms with Gasteiger partial charge < -0.3 is 20.5 Å². The number of aliphatic hydroxyl groups excluding tert-OH is 1. The lowest BCUT2D eigenvalue weighted by molar-refractivity contribution is 0.160. The number of terminal acetylenes is 1. The highest BCUT2D eigenvalue weighted by Gasteiger charge is 1.98. The van der Waals surface area contributed by atoms with Gasteiger partial charge in [-0.15, -0.1) is 6.42 Å². The van der Waals surface area contributed by atoms with Gasteiger partial charge in [0.05, 0.1) is 0 Å². The van der Waals surface area contributed by atoms with Gasteiger partial charge in [-0.25, -0.2) is 4.79 Å². The van der Waals surface area contributed by atoms with Gasteiger partial charge in [-0.3, -0.25) is 0 Å². The number of rotatable bonds is 8. The summed E-state index contributed by atoms with van der Waals surface area (Å²) in [5, 5.41) is 12.7. The summed E-state index contributed by atoms with van der Waals surface area (Å²) in [6.45, 7) is 1.74. The highest BCUT2D eigenvalue weighted by atomic mass is 16.5. The zero-order valence-electron chi connectivity index (χ0n) is 10.8. The molecule has 0 aliphatic heterocycles. The number of ether oxygens (including phenoxy) is 1. The molecule has 0 aromatic rings. The fraction of sp³-hybridized carbons (Fsp3) is 0.750. The van der Waals surface area contributed by atoms with Crippen LogP contribution in [0.4, 0.5) is 4.79 Å². The topological polar surface area (TPSA) is 70.6 Å². The maximum absolute atomic E-state index is 10.9. The van der Waals surface area contributed by atoms with Crippen molar-refractivity contribution >= 4 is 6.09 Å². The second kappa shape index (κ2) is 17.2. The zero-order chi connectivity index (χ0) is 13.4. The normalized spacial score (nSPS) is 8.59. The Morgan fingerprint density at radius 1 is 1.24 bits per heavy atom. The van der Waals surface area contributed by atoms with Crippen LogP contribution in [0.2, 0.25) is 0 Å². The average Bonchev–Trinajstić information content (AvgIpc) is 2.37. The van der Waals surface area contributed by atoms with E-state index in [1.807, 2.05) is 7.05 Å². The van der Waals surface area contributed by atoms with Crippen LogP contribution >= 0.6 is 0 Å². The SMILES string of the molecule is C#CCOC(=O)NCCCCCCNC.CO. The molecule has 100 valence electrons. The maximum atomic E-state index is 10.9. The van der Waals surface area contributed by atoms with Crippen molar-refractivity contribution in [2.24, 2.45) is 0 Å². The molecular weight excluding hydrogens is 220 g/mol. The second-order valence-electron chi connectivity index (χ2n) is 3.22. The van der Waals surface area contributed by atoms with E-state index in [-0.39, 0.29) is 6.61 Å². The molecule has 0 atom stereocenters. The van der Waals surface area contributed by atoms with Crippen molar-refractivity contribution in [2.45, 2.75) is 25.7 Å². The lowest BCUT2D eigenvalue weighted by Gasteiger charge is -2.04. The quantitative estimate of drug-likeness (QED) is 0.435. The first-order valence-corrected chi connectivity index (χ1v) is 5.74. The molecule has 0 heterocycles. The van der Waals surface area contributed by atoms with Gasteiger partial charge in [0.1, 0.15) is 0 Å². The fourth-order valence-electron chi connectivity index (χ4n) is 1.13. The first kappa shape index (κ1) is 18.1. The van der Waals surface area contributed by atoms with E-state index in [1.54, 1.807) is 0 Å². The molecule has 1 amide bonds. The molecule has 3 N–H and O–H groups in total. The summed E-state index contributed by atoms with van der Waals surface area (Å²) in [4.78, 5) is 10.9. The Kier molecular flexibility index (Phi) is 18.3. The van der Waals surface area contributed by atoms with Crippen LogP contribution in [0.15, 0.2) is 0 Å². The lowest BCUT2D eigenvalue weighted by Crippen LogP contribution is -2.25. The third kappa shape index (κ3) is 17.4. The minimum absolute atomic E-state index is 0.0357. The predicted molar refractivity (Wildman–Crippen MR) is 68.7 cm³/mol. The molecule has 0 unspecified atom stereocenters. The van der Waals surface area contributed by atoms with Gasteiger partial charge in [-0.1, -0.05) is 18.8 Å². The van der Waals surface area contributed by atoms with Crippen LogP contribution in [0.1, 0.15) is 25.7 Å². The summed E-state index contributed by atoms with van der Waals surface area (Å²) < 4.78 is 4.64. The van der Waals surface area contributed by atoms with Gasteiger partial charge in [-0.05, 0) is 26.4 Å². The predicted octanol–water partition coefficient (Wildman–Crippen LogP) is 0.734. The Hall–Kier alpha value is -1.25. The molecule has 0 aliphatic rings. The number of carbonyl (C=O) groups is 1. The summed E-state index contributed by atoms with van der Waals surface area (Å²) in [6.07, 6.45) is 8.98. The Bertz CT molecular complexity index is 202. The number of aliphatic hydroxyl groups is 1. The maximum Gasteiger partial charge on any atom is 0.408 e. The van der Waals surface area contributed by atoms with Crippen LogP contribution in [-0.4, -0.2) is 45.1 Å². The van der Waals surface area contributed by atoms with E-state index in [2.05, 4.69) is 21.3 Å². The molecule has 0 rings (SSSR count). The second-order valence-corrected chi connectivity index (χ2v) is 3.22. The standard InChI is InChI=1S/C11H20N2O2.CH4O/c1-3-10-15-11(14)13-9-7-5-4-6-8-12-2;1-2/h1,12H,4-10H2,2H3,(H,13,14);2H,1H3. The monoisotopic (exact) mass is 244 g/mol. The third-order valence-electron chi connectivity index (χ3n) is 1.91. The van der Waals surface area contributed by atoms with Crippen molar-refractivity contribution < 1.29 is 14.6 Å². The van der Waals surface area contributed by atoms with Crippen LogP contribution in [0.25, 0.3) is 0 Å². The molecule has 0 aliphatic carbocycles. The average molecular weight is 244 g/mol. The molecule has 0 aromatic carbocycles. The number of amides is 1. The summed E-state index contributed by atoms with van der Waals surface area (Å²) in [5.41, 5.74) is 0. The van der Waals surface area contributed by atoms with Crippen LogP contribution in [-0.2, 0) is 4.74 Å². The first-order chi connectivity index (χ1) is 8.31. The smallest absolute Gasteiger partial charge is 0.408 e. The van der Waals surface area contributed by atoms with Crippen molar-refractivity contribution in [3.8, 4) is 12.3 Å². The van der Waals surface area contributed by atoms with E-state index in [1.165, 1.54) is 12.8 Å². The minimum atomic E-state index is -0.428.